The van der Waals surface area contributed by atoms with Crippen molar-refractivity contribution in [2.24, 2.45) is 5.73 Å². The van der Waals surface area contributed by atoms with Crippen LogP contribution in [0, 0.1) is 0 Å². The van der Waals surface area contributed by atoms with Gasteiger partial charge in [-0.3, -0.25) is 4.79 Å². The molecule has 0 saturated carbocycles. The van der Waals surface area contributed by atoms with Gasteiger partial charge in [-0.25, -0.2) is 0 Å². The second-order valence-corrected chi connectivity index (χ2v) is 3.56. The van der Waals surface area contributed by atoms with E-state index in [1.807, 2.05) is 18.2 Å². The number of hydrogen-bond acceptors (Lipinski definition) is 3. The van der Waals surface area contributed by atoms with Crippen LogP contribution in [-0.2, 0) is 16.0 Å². The number of carbonyl (C=O) groups is 1. The van der Waals surface area contributed by atoms with Crippen LogP contribution in [0.3, 0.4) is 0 Å². The van der Waals surface area contributed by atoms with Crippen molar-refractivity contribution in [1.29, 1.82) is 0 Å². The Kier molecular flexibility index (Phi) is 3.72. The predicted octanol–water partition coefficient (Wildman–Crippen LogP) is 1.25. The third-order valence-corrected chi connectivity index (χ3v) is 2.80. The molecule has 0 amide bonds. The fourth-order valence-electron chi connectivity index (χ4n) is 1.92. The van der Waals surface area contributed by atoms with Crippen LogP contribution in [0.1, 0.15) is 17.0 Å². The first kappa shape index (κ1) is 12.0. The third kappa shape index (κ3) is 1.98. The molecule has 1 aromatic carbocycles. The van der Waals surface area contributed by atoms with Gasteiger partial charge in [0.1, 0.15) is 6.04 Å². The highest BCUT2D eigenvalue weighted by Gasteiger charge is 2.34. The molecule has 2 rings (SSSR count). The molecule has 15 heavy (non-hydrogen) atoms. The maximum absolute atomic E-state index is 11.2. The number of hydrogen-bond donors (Lipinski definition) is 1. The largest absolute Gasteiger partial charge is 0.468 e. The van der Waals surface area contributed by atoms with Crippen molar-refractivity contribution in [1.82, 2.24) is 0 Å². The Bertz CT molecular complexity index is 367. The molecule has 1 aliphatic rings. The topological polar surface area (TPSA) is 52.3 Å². The lowest BCUT2D eigenvalue weighted by atomic mass is 9.74. The second-order valence-electron chi connectivity index (χ2n) is 3.56. The molecule has 0 fully saturated rings. The van der Waals surface area contributed by atoms with Crippen molar-refractivity contribution in [3.05, 3.63) is 35.4 Å². The lowest BCUT2D eigenvalue weighted by Gasteiger charge is -2.33. The number of ether oxygens (including phenoxy) is 1. The van der Waals surface area contributed by atoms with Crippen molar-refractivity contribution in [2.75, 3.05) is 7.11 Å². The minimum atomic E-state index is -0.519. The van der Waals surface area contributed by atoms with Gasteiger partial charge in [0, 0.05) is 5.92 Å². The summed E-state index contributed by atoms with van der Waals surface area (Å²) in [7, 11) is 1.37. The second kappa shape index (κ2) is 4.64. The fraction of sp³-hybridized carbons (Fsp3) is 0.364. The molecular weight excluding hydrogens is 214 g/mol. The van der Waals surface area contributed by atoms with Crippen LogP contribution in [0.4, 0.5) is 0 Å². The zero-order chi connectivity index (χ0) is 10.1. The predicted molar refractivity (Wildman–Crippen MR) is 60.1 cm³/mol. The Hall–Kier alpha value is -1.06. The molecule has 82 valence electrons. The molecule has 0 spiro atoms. The summed E-state index contributed by atoms with van der Waals surface area (Å²) < 4.78 is 4.62. The molecule has 0 aliphatic heterocycles. The van der Waals surface area contributed by atoms with Crippen molar-refractivity contribution in [3.63, 3.8) is 0 Å². The standard InChI is InChI=1S/C11H13NO2.ClH/c1-14-11(13)10(12)9-6-7-4-2-3-5-8(7)9;/h2-5,9-10H,6,12H2,1H3;1H. The summed E-state index contributed by atoms with van der Waals surface area (Å²) in [6.45, 7) is 0. The monoisotopic (exact) mass is 227 g/mol. The Morgan fingerprint density at radius 3 is 2.80 bits per heavy atom. The van der Waals surface area contributed by atoms with Gasteiger partial charge < -0.3 is 10.5 Å². The van der Waals surface area contributed by atoms with E-state index >= 15 is 0 Å². The number of methoxy groups -OCH3 is 1. The summed E-state index contributed by atoms with van der Waals surface area (Å²) in [5.74, 6) is -0.192. The molecule has 0 radical (unpaired) electrons. The zero-order valence-electron chi connectivity index (χ0n) is 8.47. The Balaban J connectivity index is 0.00000112. The van der Waals surface area contributed by atoms with Gasteiger partial charge in [-0.2, -0.15) is 0 Å². The molecular formula is C11H14ClNO2. The van der Waals surface area contributed by atoms with Crippen LogP contribution in [-0.4, -0.2) is 19.1 Å². The van der Waals surface area contributed by atoms with Crippen molar-refractivity contribution in [3.8, 4) is 0 Å². The van der Waals surface area contributed by atoms with E-state index in [-0.39, 0.29) is 24.3 Å². The molecule has 0 bridgehead atoms. The van der Waals surface area contributed by atoms with Gasteiger partial charge in [-0.05, 0) is 17.5 Å². The van der Waals surface area contributed by atoms with E-state index in [0.717, 1.165) is 6.42 Å². The van der Waals surface area contributed by atoms with Crippen LogP contribution >= 0.6 is 12.4 Å². The smallest absolute Gasteiger partial charge is 0.323 e. The molecule has 0 saturated heterocycles. The van der Waals surface area contributed by atoms with E-state index in [1.165, 1.54) is 18.2 Å². The van der Waals surface area contributed by atoms with Crippen molar-refractivity contribution in [2.45, 2.75) is 18.4 Å². The summed E-state index contributed by atoms with van der Waals surface area (Å²) in [6, 6.07) is 7.53. The van der Waals surface area contributed by atoms with Crippen molar-refractivity contribution < 1.29 is 9.53 Å². The number of halogens is 1. The van der Waals surface area contributed by atoms with E-state index in [9.17, 15) is 4.79 Å². The molecule has 1 aromatic rings. The first-order valence-corrected chi connectivity index (χ1v) is 4.65. The Morgan fingerprint density at radius 1 is 1.53 bits per heavy atom. The highest BCUT2D eigenvalue weighted by atomic mass is 35.5. The quantitative estimate of drug-likeness (QED) is 0.774. The zero-order valence-corrected chi connectivity index (χ0v) is 9.29. The molecule has 2 unspecified atom stereocenters. The lowest BCUT2D eigenvalue weighted by Crippen LogP contribution is -2.42. The van der Waals surface area contributed by atoms with Gasteiger partial charge >= 0.3 is 5.97 Å². The maximum Gasteiger partial charge on any atom is 0.323 e. The summed E-state index contributed by atoms with van der Waals surface area (Å²) in [5.41, 5.74) is 8.25. The summed E-state index contributed by atoms with van der Waals surface area (Å²) in [6.07, 6.45) is 0.881. The molecule has 2 N–H and O–H groups in total. The minimum absolute atomic E-state index is 0. The molecule has 0 aromatic heterocycles. The average Bonchev–Trinajstić information content (AvgIpc) is 2.18. The normalized spacial score (nSPS) is 19.2. The summed E-state index contributed by atoms with van der Waals surface area (Å²) in [4.78, 5) is 11.2. The van der Waals surface area contributed by atoms with Gasteiger partial charge in [-0.15, -0.1) is 12.4 Å². The van der Waals surface area contributed by atoms with Crippen molar-refractivity contribution >= 4 is 18.4 Å². The average molecular weight is 228 g/mol. The summed E-state index contributed by atoms with van der Waals surface area (Å²) >= 11 is 0. The maximum atomic E-state index is 11.2. The Labute approximate surface area is 95.0 Å². The van der Waals surface area contributed by atoms with Crippen LogP contribution < -0.4 is 5.73 Å². The van der Waals surface area contributed by atoms with Crippen LogP contribution in [0.25, 0.3) is 0 Å². The van der Waals surface area contributed by atoms with E-state index < -0.39 is 6.04 Å². The molecule has 0 heterocycles. The number of rotatable bonds is 2. The van der Waals surface area contributed by atoms with Crippen LogP contribution in [0.15, 0.2) is 24.3 Å². The van der Waals surface area contributed by atoms with E-state index in [2.05, 4.69) is 10.8 Å². The Morgan fingerprint density at radius 2 is 2.20 bits per heavy atom. The number of benzene rings is 1. The first-order valence-electron chi connectivity index (χ1n) is 4.65. The van der Waals surface area contributed by atoms with Crippen LogP contribution in [0.2, 0.25) is 0 Å². The minimum Gasteiger partial charge on any atom is -0.468 e. The number of carbonyl (C=O) groups excluding carboxylic acids is 1. The van der Waals surface area contributed by atoms with Gasteiger partial charge in [0.25, 0.3) is 0 Å². The van der Waals surface area contributed by atoms with Gasteiger partial charge in [-0.1, -0.05) is 24.3 Å². The van der Waals surface area contributed by atoms with E-state index in [0.29, 0.717) is 0 Å². The first-order chi connectivity index (χ1) is 6.74. The van der Waals surface area contributed by atoms with E-state index in [1.54, 1.807) is 0 Å². The molecule has 3 nitrogen and oxygen atoms in total. The van der Waals surface area contributed by atoms with Crippen LogP contribution in [0.5, 0.6) is 0 Å². The van der Waals surface area contributed by atoms with Gasteiger partial charge in [0.2, 0.25) is 0 Å². The van der Waals surface area contributed by atoms with E-state index in [4.69, 9.17) is 5.73 Å². The SMILES string of the molecule is COC(=O)C(N)C1Cc2ccccc21.Cl. The number of esters is 1. The molecule has 4 heteroatoms. The number of fused-ring (bicyclic) bond motifs is 1. The lowest BCUT2D eigenvalue weighted by molar-refractivity contribution is -0.142. The third-order valence-electron chi connectivity index (χ3n) is 2.80. The highest BCUT2D eigenvalue weighted by molar-refractivity contribution is 5.85. The molecule has 2 atom stereocenters. The number of nitrogens with two attached hydrogens (primary N) is 1. The molecule has 1 aliphatic carbocycles. The summed E-state index contributed by atoms with van der Waals surface area (Å²) in [5, 5.41) is 0. The highest BCUT2D eigenvalue weighted by Crippen LogP contribution is 2.36. The van der Waals surface area contributed by atoms with Gasteiger partial charge in [0.15, 0.2) is 0 Å². The van der Waals surface area contributed by atoms with Gasteiger partial charge in [0.05, 0.1) is 7.11 Å². The fourth-order valence-corrected chi connectivity index (χ4v) is 1.92.